The van der Waals surface area contributed by atoms with Crippen molar-refractivity contribution in [1.82, 2.24) is 20.8 Å². The molecule has 100 valence electrons. The molecule has 1 aliphatic rings. The first-order valence-corrected chi connectivity index (χ1v) is 6.22. The summed E-state index contributed by atoms with van der Waals surface area (Å²) in [5.74, 6) is 0.496. The van der Waals surface area contributed by atoms with Gasteiger partial charge < -0.3 is 20.0 Å². The number of likely N-dealkylation sites (N-methyl/N-ethyl adjacent to an activating group) is 2. The molecule has 0 radical (unpaired) electrons. The fourth-order valence-electron chi connectivity index (χ4n) is 1.53. The van der Waals surface area contributed by atoms with Crippen LogP contribution in [-0.2, 0) is 11.3 Å². The Kier molecular flexibility index (Phi) is 4.14. The van der Waals surface area contributed by atoms with Gasteiger partial charge in [0, 0.05) is 19.6 Å². The van der Waals surface area contributed by atoms with E-state index >= 15 is 0 Å². The minimum absolute atomic E-state index is 0.0594. The van der Waals surface area contributed by atoms with E-state index in [9.17, 15) is 4.79 Å². The zero-order valence-electron chi connectivity index (χ0n) is 10.8. The summed E-state index contributed by atoms with van der Waals surface area (Å²) in [5, 5.41) is 13.9. The molecule has 1 aromatic rings. The predicted octanol–water partition coefficient (Wildman–Crippen LogP) is -0.106. The topological polar surface area (TPSA) is 83.3 Å². The first-order valence-electron chi connectivity index (χ1n) is 6.22. The van der Waals surface area contributed by atoms with Crippen LogP contribution in [0.3, 0.4) is 0 Å². The number of amides is 1. The molecule has 1 heterocycles. The minimum Gasteiger partial charge on any atom is -0.407 e. The van der Waals surface area contributed by atoms with Crippen molar-refractivity contribution >= 4 is 11.9 Å². The Bertz CT molecular complexity index is 402. The summed E-state index contributed by atoms with van der Waals surface area (Å²) in [6, 6.07) is 0.974. The third kappa shape index (κ3) is 3.69. The van der Waals surface area contributed by atoms with E-state index in [1.54, 1.807) is 11.9 Å². The normalized spacial score (nSPS) is 14.6. The van der Waals surface area contributed by atoms with Gasteiger partial charge in [0.15, 0.2) is 0 Å². The average Bonchev–Trinajstić information content (AvgIpc) is 3.04. The van der Waals surface area contributed by atoms with Crippen LogP contribution in [0.5, 0.6) is 0 Å². The van der Waals surface area contributed by atoms with Gasteiger partial charge in [-0.2, -0.15) is 0 Å². The van der Waals surface area contributed by atoms with Crippen LogP contribution in [0.25, 0.3) is 0 Å². The monoisotopic (exact) mass is 253 g/mol. The number of nitrogens with zero attached hydrogens (tertiary/aromatic N) is 3. The number of nitrogens with one attached hydrogen (secondary N) is 2. The second-order valence-corrected chi connectivity index (χ2v) is 4.44. The van der Waals surface area contributed by atoms with Crippen molar-refractivity contribution in [1.29, 1.82) is 0 Å². The molecule has 0 saturated heterocycles. The highest BCUT2D eigenvalue weighted by Crippen LogP contribution is 2.19. The standard InChI is InChI=1S/C11H19N5O2/c1-3-12-9(17)7-16(2)11-15-14-10(18-11)6-13-8-4-5-8/h8,13H,3-7H2,1-2H3,(H,12,17). The van der Waals surface area contributed by atoms with Crippen LogP contribution in [0, 0.1) is 0 Å². The SMILES string of the molecule is CCNC(=O)CN(C)c1nnc(CNC2CC2)o1. The number of hydrogen-bond acceptors (Lipinski definition) is 6. The fourth-order valence-corrected chi connectivity index (χ4v) is 1.53. The molecule has 1 fully saturated rings. The zero-order valence-corrected chi connectivity index (χ0v) is 10.8. The molecule has 1 amide bonds. The summed E-state index contributed by atoms with van der Waals surface area (Å²) in [4.78, 5) is 13.0. The maximum atomic E-state index is 11.4. The predicted molar refractivity (Wildman–Crippen MR) is 66.1 cm³/mol. The van der Waals surface area contributed by atoms with Gasteiger partial charge in [0.1, 0.15) is 6.54 Å². The summed E-state index contributed by atoms with van der Waals surface area (Å²) < 4.78 is 5.46. The van der Waals surface area contributed by atoms with Gasteiger partial charge in [-0.1, -0.05) is 5.10 Å². The number of anilines is 1. The van der Waals surface area contributed by atoms with Gasteiger partial charge in [0.2, 0.25) is 11.8 Å². The lowest BCUT2D eigenvalue weighted by molar-refractivity contribution is -0.119. The molecule has 2 N–H and O–H groups in total. The van der Waals surface area contributed by atoms with E-state index in [4.69, 9.17) is 4.42 Å². The molecule has 0 atom stereocenters. The van der Waals surface area contributed by atoms with E-state index < -0.39 is 0 Å². The van der Waals surface area contributed by atoms with Gasteiger partial charge in [-0.3, -0.25) is 4.79 Å². The van der Waals surface area contributed by atoms with Crippen molar-refractivity contribution in [3.63, 3.8) is 0 Å². The third-order valence-electron chi connectivity index (χ3n) is 2.66. The lowest BCUT2D eigenvalue weighted by Gasteiger charge is -2.12. The van der Waals surface area contributed by atoms with E-state index in [1.807, 2.05) is 6.92 Å². The molecular formula is C11H19N5O2. The number of aromatic nitrogens is 2. The lowest BCUT2D eigenvalue weighted by atomic mass is 10.5. The van der Waals surface area contributed by atoms with Crippen LogP contribution in [-0.4, -0.2) is 42.3 Å². The molecule has 0 spiro atoms. The average molecular weight is 253 g/mol. The molecule has 1 aromatic heterocycles. The van der Waals surface area contributed by atoms with Crippen molar-refractivity contribution in [2.24, 2.45) is 0 Å². The summed E-state index contributed by atoms with van der Waals surface area (Å²) >= 11 is 0. The third-order valence-corrected chi connectivity index (χ3v) is 2.66. The van der Waals surface area contributed by atoms with E-state index in [-0.39, 0.29) is 12.5 Å². The molecule has 0 aliphatic heterocycles. The molecule has 2 rings (SSSR count). The van der Waals surface area contributed by atoms with Crippen LogP contribution in [0.1, 0.15) is 25.7 Å². The summed E-state index contributed by atoms with van der Waals surface area (Å²) in [6.07, 6.45) is 2.44. The molecule has 0 bridgehead atoms. The smallest absolute Gasteiger partial charge is 0.318 e. The second-order valence-electron chi connectivity index (χ2n) is 4.44. The van der Waals surface area contributed by atoms with Gasteiger partial charge in [-0.05, 0) is 19.8 Å². The molecular weight excluding hydrogens is 234 g/mol. The van der Waals surface area contributed by atoms with Crippen LogP contribution in [0.4, 0.5) is 6.01 Å². The van der Waals surface area contributed by atoms with Crippen LogP contribution >= 0.6 is 0 Å². The largest absolute Gasteiger partial charge is 0.407 e. The Balaban J connectivity index is 1.81. The summed E-state index contributed by atoms with van der Waals surface area (Å²) in [7, 11) is 1.75. The fraction of sp³-hybridized carbons (Fsp3) is 0.727. The van der Waals surface area contributed by atoms with Gasteiger partial charge in [0.25, 0.3) is 0 Å². The Morgan fingerprint density at radius 3 is 2.94 bits per heavy atom. The number of carbonyl (C=O) groups is 1. The van der Waals surface area contributed by atoms with Crippen molar-refractivity contribution in [3.8, 4) is 0 Å². The maximum Gasteiger partial charge on any atom is 0.318 e. The number of hydrogen-bond donors (Lipinski definition) is 2. The van der Waals surface area contributed by atoms with Crippen molar-refractivity contribution in [2.45, 2.75) is 32.4 Å². The van der Waals surface area contributed by atoms with E-state index in [1.165, 1.54) is 12.8 Å². The number of carbonyl (C=O) groups excluding carboxylic acids is 1. The second kappa shape index (κ2) is 5.81. The van der Waals surface area contributed by atoms with Gasteiger partial charge >= 0.3 is 6.01 Å². The quantitative estimate of drug-likeness (QED) is 0.705. The Labute approximate surface area is 106 Å². The zero-order chi connectivity index (χ0) is 13.0. The molecule has 1 aliphatic carbocycles. The maximum absolute atomic E-state index is 11.4. The first kappa shape index (κ1) is 12.8. The molecule has 7 heteroatoms. The molecule has 0 aromatic carbocycles. The Morgan fingerprint density at radius 2 is 2.28 bits per heavy atom. The van der Waals surface area contributed by atoms with Gasteiger partial charge in [0.05, 0.1) is 6.54 Å². The molecule has 18 heavy (non-hydrogen) atoms. The van der Waals surface area contributed by atoms with Crippen molar-refractivity contribution in [3.05, 3.63) is 5.89 Å². The highest BCUT2D eigenvalue weighted by atomic mass is 16.4. The summed E-state index contributed by atoms with van der Waals surface area (Å²) in [5.41, 5.74) is 0. The van der Waals surface area contributed by atoms with Crippen LogP contribution in [0.15, 0.2) is 4.42 Å². The van der Waals surface area contributed by atoms with Crippen LogP contribution < -0.4 is 15.5 Å². The van der Waals surface area contributed by atoms with E-state index in [2.05, 4.69) is 20.8 Å². The van der Waals surface area contributed by atoms with E-state index in [0.29, 0.717) is 31.0 Å². The van der Waals surface area contributed by atoms with Crippen LogP contribution in [0.2, 0.25) is 0 Å². The van der Waals surface area contributed by atoms with Gasteiger partial charge in [-0.15, -0.1) is 5.10 Å². The first-order chi connectivity index (χ1) is 8.69. The minimum atomic E-state index is -0.0594. The number of rotatable bonds is 7. The highest BCUT2D eigenvalue weighted by molar-refractivity contribution is 5.80. The summed E-state index contributed by atoms with van der Waals surface area (Å²) in [6.45, 7) is 3.30. The lowest BCUT2D eigenvalue weighted by Crippen LogP contribution is -2.35. The Morgan fingerprint density at radius 1 is 1.50 bits per heavy atom. The van der Waals surface area contributed by atoms with Crippen molar-refractivity contribution in [2.75, 3.05) is 25.0 Å². The van der Waals surface area contributed by atoms with E-state index in [0.717, 1.165) is 0 Å². The van der Waals surface area contributed by atoms with Gasteiger partial charge in [-0.25, -0.2) is 0 Å². The molecule has 7 nitrogen and oxygen atoms in total. The molecule has 1 saturated carbocycles. The highest BCUT2D eigenvalue weighted by Gasteiger charge is 2.21. The van der Waals surface area contributed by atoms with Crippen molar-refractivity contribution < 1.29 is 9.21 Å². The molecule has 0 unspecified atom stereocenters. The Hall–Kier alpha value is -1.63.